The maximum absolute atomic E-state index is 5.32. The van der Waals surface area contributed by atoms with Crippen LogP contribution in [0.4, 0.5) is 5.82 Å². The first-order valence-electron chi connectivity index (χ1n) is 9.80. The third-order valence-electron chi connectivity index (χ3n) is 5.30. The molecule has 1 aromatic heterocycles. The van der Waals surface area contributed by atoms with E-state index in [4.69, 9.17) is 14.7 Å². The average Bonchev–Trinajstić information content (AvgIpc) is 3.03. The number of methoxy groups -OCH3 is 1. The Kier molecular flexibility index (Phi) is 5.95. The van der Waals surface area contributed by atoms with E-state index in [9.17, 15) is 0 Å². The number of hydrogen-bond donors (Lipinski definition) is 0. The number of hydrogen-bond acceptors (Lipinski definition) is 5. The summed E-state index contributed by atoms with van der Waals surface area (Å²) in [5.41, 5.74) is 0.933. The minimum atomic E-state index is -0.0502. The molecule has 25 heavy (non-hydrogen) atoms. The summed E-state index contributed by atoms with van der Waals surface area (Å²) in [5.74, 6) is 2.75. The van der Waals surface area contributed by atoms with Gasteiger partial charge < -0.3 is 14.5 Å². The van der Waals surface area contributed by atoms with Crippen LogP contribution < -0.4 is 4.90 Å². The van der Waals surface area contributed by atoms with Crippen molar-refractivity contribution in [1.82, 2.24) is 14.9 Å². The highest BCUT2D eigenvalue weighted by molar-refractivity contribution is 5.42. The SMILES string of the molecule is COCc1cc(N2CCC(CN3CCCCC3)C2)nc(C(C)(C)C)n1. The second-order valence-corrected chi connectivity index (χ2v) is 8.69. The van der Waals surface area contributed by atoms with Crippen molar-refractivity contribution in [2.75, 3.05) is 44.7 Å². The molecule has 2 aliphatic rings. The Morgan fingerprint density at radius 1 is 1.12 bits per heavy atom. The summed E-state index contributed by atoms with van der Waals surface area (Å²) >= 11 is 0. The van der Waals surface area contributed by atoms with Crippen molar-refractivity contribution < 1.29 is 4.74 Å². The molecule has 0 aliphatic carbocycles. The van der Waals surface area contributed by atoms with E-state index in [1.165, 1.54) is 45.3 Å². The van der Waals surface area contributed by atoms with Gasteiger partial charge in [-0.15, -0.1) is 0 Å². The zero-order chi connectivity index (χ0) is 17.9. The highest BCUT2D eigenvalue weighted by Gasteiger charge is 2.27. The van der Waals surface area contributed by atoms with E-state index in [1.807, 2.05) is 0 Å². The predicted molar refractivity (Wildman–Crippen MR) is 102 cm³/mol. The van der Waals surface area contributed by atoms with Gasteiger partial charge in [-0.3, -0.25) is 0 Å². The summed E-state index contributed by atoms with van der Waals surface area (Å²) in [5, 5.41) is 0. The fourth-order valence-electron chi connectivity index (χ4n) is 3.90. The summed E-state index contributed by atoms with van der Waals surface area (Å²) in [6, 6.07) is 2.11. The van der Waals surface area contributed by atoms with Crippen LogP contribution in [0.5, 0.6) is 0 Å². The van der Waals surface area contributed by atoms with Crippen LogP contribution in [0.2, 0.25) is 0 Å². The molecule has 5 heteroatoms. The van der Waals surface area contributed by atoms with E-state index in [2.05, 4.69) is 36.6 Å². The van der Waals surface area contributed by atoms with Crippen molar-refractivity contribution in [3.05, 3.63) is 17.6 Å². The summed E-state index contributed by atoms with van der Waals surface area (Å²) < 4.78 is 5.32. The molecule has 2 saturated heterocycles. The highest BCUT2D eigenvalue weighted by atomic mass is 16.5. The lowest BCUT2D eigenvalue weighted by Crippen LogP contribution is -2.35. The van der Waals surface area contributed by atoms with Gasteiger partial charge >= 0.3 is 0 Å². The van der Waals surface area contributed by atoms with E-state index in [1.54, 1.807) is 7.11 Å². The first-order chi connectivity index (χ1) is 12.0. The number of likely N-dealkylation sites (tertiary alicyclic amines) is 1. The Balaban J connectivity index is 1.69. The lowest BCUT2D eigenvalue weighted by atomic mass is 9.95. The number of ether oxygens (including phenoxy) is 1. The summed E-state index contributed by atoms with van der Waals surface area (Å²) in [6.07, 6.45) is 5.42. The third-order valence-corrected chi connectivity index (χ3v) is 5.30. The van der Waals surface area contributed by atoms with Gasteiger partial charge in [0.25, 0.3) is 0 Å². The molecule has 0 spiro atoms. The maximum atomic E-state index is 5.32. The van der Waals surface area contributed by atoms with Gasteiger partial charge in [0.15, 0.2) is 0 Å². The summed E-state index contributed by atoms with van der Waals surface area (Å²) in [7, 11) is 1.73. The second-order valence-electron chi connectivity index (χ2n) is 8.69. The molecule has 3 heterocycles. The zero-order valence-corrected chi connectivity index (χ0v) is 16.4. The molecular weight excluding hydrogens is 312 g/mol. The zero-order valence-electron chi connectivity index (χ0n) is 16.4. The Bertz CT molecular complexity index is 563. The Hall–Kier alpha value is -1.20. The Morgan fingerprint density at radius 2 is 1.88 bits per heavy atom. The predicted octanol–water partition coefficient (Wildman–Crippen LogP) is 3.23. The van der Waals surface area contributed by atoms with Crippen molar-refractivity contribution in [2.45, 2.75) is 58.5 Å². The van der Waals surface area contributed by atoms with Crippen LogP contribution in [0, 0.1) is 5.92 Å². The monoisotopic (exact) mass is 346 g/mol. The van der Waals surface area contributed by atoms with Gasteiger partial charge in [-0.2, -0.15) is 0 Å². The van der Waals surface area contributed by atoms with Crippen molar-refractivity contribution >= 4 is 5.82 Å². The number of rotatable bonds is 5. The number of aromatic nitrogens is 2. The van der Waals surface area contributed by atoms with Crippen molar-refractivity contribution in [3.8, 4) is 0 Å². The fourth-order valence-corrected chi connectivity index (χ4v) is 3.90. The van der Waals surface area contributed by atoms with Gasteiger partial charge in [0, 0.05) is 38.2 Å². The topological polar surface area (TPSA) is 41.5 Å². The molecule has 2 aliphatic heterocycles. The average molecular weight is 347 g/mol. The van der Waals surface area contributed by atoms with Gasteiger partial charge in [0.2, 0.25) is 0 Å². The molecule has 1 aromatic rings. The number of piperidine rings is 1. The van der Waals surface area contributed by atoms with E-state index in [0.717, 1.165) is 36.3 Å². The standard InChI is InChI=1S/C20H34N4O/c1-20(2,3)19-21-17(15-25-4)12-18(22-19)24-11-8-16(14-24)13-23-9-6-5-7-10-23/h12,16H,5-11,13-15H2,1-4H3. The van der Waals surface area contributed by atoms with Gasteiger partial charge in [0.05, 0.1) is 12.3 Å². The number of nitrogens with zero attached hydrogens (tertiary/aromatic N) is 4. The van der Waals surface area contributed by atoms with Crippen molar-refractivity contribution in [1.29, 1.82) is 0 Å². The van der Waals surface area contributed by atoms with Crippen molar-refractivity contribution in [3.63, 3.8) is 0 Å². The van der Waals surface area contributed by atoms with Crippen LogP contribution in [0.25, 0.3) is 0 Å². The molecule has 140 valence electrons. The molecule has 0 bridgehead atoms. The second kappa shape index (κ2) is 8.00. The van der Waals surface area contributed by atoms with Gasteiger partial charge in [-0.05, 0) is 38.3 Å². The van der Waals surface area contributed by atoms with Crippen LogP contribution in [0.15, 0.2) is 6.07 Å². The number of anilines is 1. The molecule has 0 saturated carbocycles. The largest absolute Gasteiger partial charge is 0.378 e. The molecule has 0 N–H and O–H groups in total. The van der Waals surface area contributed by atoms with Gasteiger partial charge in [-0.1, -0.05) is 27.2 Å². The van der Waals surface area contributed by atoms with E-state index in [0.29, 0.717) is 6.61 Å². The maximum Gasteiger partial charge on any atom is 0.136 e. The summed E-state index contributed by atoms with van der Waals surface area (Å²) in [4.78, 5) is 14.7. The summed E-state index contributed by atoms with van der Waals surface area (Å²) in [6.45, 7) is 13.1. The molecule has 3 rings (SSSR count). The van der Waals surface area contributed by atoms with Crippen LogP contribution >= 0.6 is 0 Å². The Labute approximate surface area is 152 Å². The smallest absolute Gasteiger partial charge is 0.136 e. The minimum Gasteiger partial charge on any atom is -0.378 e. The van der Waals surface area contributed by atoms with E-state index in [-0.39, 0.29) is 5.41 Å². The highest BCUT2D eigenvalue weighted by Crippen LogP contribution is 2.27. The lowest BCUT2D eigenvalue weighted by molar-refractivity contribution is 0.181. The van der Waals surface area contributed by atoms with Crippen LogP contribution in [0.3, 0.4) is 0 Å². The van der Waals surface area contributed by atoms with Gasteiger partial charge in [0.1, 0.15) is 11.6 Å². The van der Waals surface area contributed by atoms with E-state index < -0.39 is 0 Å². The Morgan fingerprint density at radius 3 is 2.56 bits per heavy atom. The van der Waals surface area contributed by atoms with Crippen LogP contribution in [-0.4, -0.2) is 54.7 Å². The van der Waals surface area contributed by atoms with E-state index >= 15 is 0 Å². The normalized spacial score (nSPS) is 22.6. The lowest BCUT2D eigenvalue weighted by Gasteiger charge is -2.29. The van der Waals surface area contributed by atoms with Gasteiger partial charge in [-0.25, -0.2) is 9.97 Å². The molecule has 0 amide bonds. The molecule has 1 unspecified atom stereocenters. The van der Waals surface area contributed by atoms with Crippen LogP contribution in [0.1, 0.15) is 58.0 Å². The minimum absolute atomic E-state index is 0.0502. The van der Waals surface area contributed by atoms with Crippen molar-refractivity contribution in [2.24, 2.45) is 5.92 Å². The molecule has 0 aromatic carbocycles. The first-order valence-corrected chi connectivity index (χ1v) is 9.80. The molecule has 2 fully saturated rings. The fraction of sp³-hybridized carbons (Fsp3) is 0.800. The molecular formula is C20H34N4O. The molecule has 5 nitrogen and oxygen atoms in total. The third kappa shape index (κ3) is 4.91. The molecule has 0 radical (unpaired) electrons. The quantitative estimate of drug-likeness (QED) is 0.819. The first kappa shape index (κ1) is 18.6. The molecule has 1 atom stereocenters. The van der Waals surface area contributed by atoms with Crippen LogP contribution in [-0.2, 0) is 16.8 Å².